The van der Waals surface area contributed by atoms with Crippen molar-refractivity contribution in [3.8, 4) is 17.2 Å². The van der Waals surface area contributed by atoms with E-state index in [9.17, 15) is 9.59 Å². The van der Waals surface area contributed by atoms with Crippen LogP contribution in [0.1, 0.15) is 44.9 Å². The third-order valence-corrected chi connectivity index (χ3v) is 7.62. The van der Waals surface area contributed by atoms with Crippen molar-refractivity contribution in [1.82, 2.24) is 4.57 Å². The molecule has 2 heterocycles. The number of nitrogens with one attached hydrogen (secondary N) is 1. The van der Waals surface area contributed by atoms with E-state index in [1.807, 2.05) is 99.6 Å². The topological polar surface area (TPSA) is 91.2 Å². The van der Waals surface area contributed by atoms with Gasteiger partial charge < -0.3 is 19.5 Å². The lowest BCUT2D eigenvalue weighted by Crippen LogP contribution is -2.40. The number of fused-ring (bicyclic) bond motifs is 1. The van der Waals surface area contributed by atoms with Crippen LogP contribution in [0.5, 0.6) is 17.2 Å². The van der Waals surface area contributed by atoms with Crippen LogP contribution in [0.4, 0.5) is 5.69 Å². The van der Waals surface area contributed by atoms with Gasteiger partial charge in [0.1, 0.15) is 5.75 Å². The molecule has 0 bridgehead atoms. The molecule has 5 rings (SSSR count). The Balaban J connectivity index is 1.64. The van der Waals surface area contributed by atoms with Gasteiger partial charge in [-0.25, -0.2) is 4.99 Å². The van der Waals surface area contributed by atoms with Crippen molar-refractivity contribution in [2.75, 3.05) is 19.0 Å². The SMILES string of the molecule is CCOc1cc(/C=c2\sc3n(c2=O)[C@H](c2cccc(OC)c2)C(C(=O)Nc2ccccc2)=C(C)N=3)ccc1OC(C)C. The van der Waals surface area contributed by atoms with Gasteiger partial charge in [-0.05, 0) is 81.3 Å². The first-order valence-electron chi connectivity index (χ1n) is 13.8. The normalized spacial score (nSPS) is 14.8. The molecule has 216 valence electrons. The molecule has 0 fully saturated rings. The minimum Gasteiger partial charge on any atom is -0.497 e. The van der Waals surface area contributed by atoms with Crippen molar-refractivity contribution in [1.29, 1.82) is 0 Å². The summed E-state index contributed by atoms with van der Waals surface area (Å²) in [5.41, 5.74) is 2.86. The lowest BCUT2D eigenvalue weighted by molar-refractivity contribution is -0.113. The van der Waals surface area contributed by atoms with Crippen molar-refractivity contribution in [3.05, 3.63) is 115 Å². The van der Waals surface area contributed by atoms with E-state index in [4.69, 9.17) is 19.2 Å². The minimum atomic E-state index is -0.706. The predicted octanol–water partition coefficient (Wildman–Crippen LogP) is 5.07. The van der Waals surface area contributed by atoms with Gasteiger partial charge in [-0.3, -0.25) is 14.2 Å². The van der Waals surface area contributed by atoms with Gasteiger partial charge >= 0.3 is 0 Å². The van der Waals surface area contributed by atoms with Crippen LogP contribution in [0.2, 0.25) is 0 Å². The van der Waals surface area contributed by atoms with Gasteiger partial charge in [-0.1, -0.05) is 47.7 Å². The average molecular weight is 584 g/mol. The van der Waals surface area contributed by atoms with Crippen LogP contribution in [0, 0.1) is 0 Å². The summed E-state index contributed by atoms with van der Waals surface area (Å²) in [4.78, 5) is 33.0. The summed E-state index contributed by atoms with van der Waals surface area (Å²) in [5.74, 6) is 1.55. The number of benzene rings is 3. The molecule has 1 atom stereocenters. The molecular formula is C33H33N3O5S. The zero-order chi connectivity index (χ0) is 29.8. The molecule has 1 amide bonds. The van der Waals surface area contributed by atoms with Gasteiger partial charge in [0.25, 0.3) is 11.5 Å². The Morgan fingerprint density at radius 2 is 1.86 bits per heavy atom. The Morgan fingerprint density at radius 3 is 2.57 bits per heavy atom. The van der Waals surface area contributed by atoms with Gasteiger partial charge in [-0.2, -0.15) is 0 Å². The van der Waals surface area contributed by atoms with Gasteiger partial charge in [0.05, 0.1) is 41.7 Å². The van der Waals surface area contributed by atoms with Crippen LogP contribution in [-0.2, 0) is 4.79 Å². The Labute approximate surface area is 248 Å². The number of carbonyl (C=O) groups is 1. The summed E-state index contributed by atoms with van der Waals surface area (Å²) in [6, 6.07) is 21.5. The Bertz CT molecular complexity index is 1820. The van der Waals surface area contributed by atoms with Crippen LogP contribution < -0.4 is 34.4 Å². The van der Waals surface area contributed by atoms with E-state index in [1.165, 1.54) is 11.3 Å². The van der Waals surface area contributed by atoms with E-state index in [0.29, 0.717) is 50.1 Å². The van der Waals surface area contributed by atoms with Crippen LogP contribution in [0.25, 0.3) is 6.08 Å². The number of anilines is 1. The molecule has 1 N–H and O–H groups in total. The van der Waals surface area contributed by atoms with E-state index in [-0.39, 0.29) is 17.6 Å². The van der Waals surface area contributed by atoms with Gasteiger partial charge in [-0.15, -0.1) is 0 Å². The van der Waals surface area contributed by atoms with E-state index < -0.39 is 6.04 Å². The molecular weight excluding hydrogens is 550 g/mol. The van der Waals surface area contributed by atoms with Crippen molar-refractivity contribution in [3.63, 3.8) is 0 Å². The maximum absolute atomic E-state index is 14.1. The molecule has 42 heavy (non-hydrogen) atoms. The quantitative estimate of drug-likeness (QED) is 0.297. The maximum atomic E-state index is 14.1. The molecule has 0 radical (unpaired) electrons. The first-order valence-corrected chi connectivity index (χ1v) is 14.6. The highest BCUT2D eigenvalue weighted by Crippen LogP contribution is 2.33. The molecule has 0 saturated heterocycles. The molecule has 4 aromatic rings. The molecule has 0 spiro atoms. The number of methoxy groups -OCH3 is 1. The number of ether oxygens (including phenoxy) is 3. The van der Waals surface area contributed by atoms with Crippen molar-refractivity contribution in [2.45, 2.75) is 39.8 Å². The summed E-state index contributed by atoms with van der Waals surface area (Å²) < 4.78 is 19.3. The molecule has 9 heteroatoms. The summed E-state index contributed by atoms with van der Waals surface area (Å²) in [7, 11) is 1.59. The smallest absolute Gasteiger partial charge is 0.271 e. The van der Waals surface area contributed by atoms with Crippen molar-refractivity contribution < 1.29 is 19.0 Å². The fraction of sp³-hybridized carbons (Fsp3) is 0.242. The Kier molecular flexibility index (Phi) is 8.59. The fourth-order valence-corrected chi connectivity index (χ4v) is 5.89. The van der Waals surface area contributed by atoms with Crippen molar-refractivity contribution >= 4 is 29.0 Å². The number of para-hydroxylation sites is 1. The number of thiazole rings is 1. The molecule has 0 aliphatic carbocycles. The Hall–Kier alpha value is -4.63. The first kappa shape index (κ1) is 28.9. The van der Waals surface area contributed by atoms with Crippen LogP contribution in [0.3, 0.4) is 0 Å². The number of carbonyl (C=O) groups excluding carboxylic acids is 1. The highest BCUT2D eigenvalue weighted by atomic mass is 32.1. The lowest BCUT2D eigenvalue weighted by Gasteiger charge is -2.25. The van der Waals surface area contributed by atoms with E-state index in [2.05, 4.69) is 5.32 Å². The number of aromatic nitrogens is 1. The van der Waals surface area contributed by atoms with E-state index >= 15 is 0 Å². The zero-order valence-electron chi connectivity index (χ0n) is 24.2. The third kappa shape index (κ3) is 6.01. The minimum absolute atomic E-state index is 0.00752. The van der Waals surface area contributed by atoms with E-state index in [1.54, 1.807) is 18.6 Å². The second kappa shape index (κ2) is 12.5. The molecule has 0 saturated carbocycles. The van der Waals surface area contributed by atoms with Crippen LogP contribution in [0.15, 0.2) is 93.9 Å². The second-order valence-electron chi connectivity index (χ2n) is 9.98. The first-order chi connectivity index (χ1) is 20.3. The third-order valence-electron chi connectivity index (χ3n) is 6.64. The monoisotopic (exact) mass is 583 g/mol. The summed E-state index contributed by atoms with van der Waals surface area (Å²) >= 11 is 1.28. The molecule has 8 nitrogen and oxygen atoms in total. The molecule has 3 aromatic carbocycles. The summed E-state index contributed by atoms with van der Waals surface area (Å²) in [6.07, 6.45) is 1.81. The number of nitrogens with zero attached hydrogens (tertiary/aromatic N) is 2. The predicted molar refractivity (Wildman–Crippen MR) is 165 cm³/mol. The fourth-order valence-electron chi connectivity index (χ4n) is 4.84. The number of rotatable bonds is 9. The van der Waals surface area contributed by atoms with Gasteiger partial charge in [0, 0.05) is 5.69 Å². The number of amides is 1. The van der Waals surface area contributed by atoms with Gasteiger partial charge in [0.15, 0.2) is 16.3 Å². The highest BCUT2D eigenvalue weighted by molar-refractivity contribution is 7.07. The Morgan fingerprint density at radius 1 is 1.07 bits per heavy atom. The maximum Gasteiger partial charge on any atom is 0.271 e. The van der Waals surface area contributed by atoms with Gasteiger partial charge in [0.2, 0.25) is 0 Å². The molecule has 0 unspecified atom stereocenters. The summed E-state index contributed by atoms with van der Waals surface area (Å²) in [6.45, 7) is 8.11. The molecule has 1 aromatic heterocycles. The zero-order valence-corrected chi connectivity index (χ0v) is 25.0. The number of hydrogen-bond acceptors (Lipinski definition) is 7. The number of allylic oxidation sites excluding steroid dienone is 1. The van der Waals surface area contributed by atoms with E-state index in [0.717, 1.165) is 11.1 Å². The van der Waals surface area contributed by atoms with Crippen molar-refractivity contribution in [2.24, 2.45) is 4.99 Å². The molecule has 1 aliphatic rings. The average Bonchev–Trinajstić information content (AvgIpc) is 3.27. The standard InChI is InChI=1S/C33H33N3O5S/c1-6-40-27-17-22(15-16-26(27)41-20(2)3)18-28-32(38)36-30(23-11-10-14-25(19-23)39-5)29(21(4)34-33(36)42-28)31(37)35-24-12-8-7-9-13-24/h7-20,30H,6H2,1-5H3,(H,35,37)/b28-18-/t30-/m1/s1. The second-order valence-corrected chi connectivity index (χ2v) is 11.0. The van der Waals surface area contributed by atoms with Crippen LogP contribution in [-0.4, -0.2) is 30.3 Å². The largest absolute Gasteiger partial charge is 0.497 e. The highest BCUT2D eigenvalue weighted by Gasteiger charge is 2.32. The lowest BCUT2D eigenvalue weighted by atomic mass is 9.95. The number of hydrogen-bond donors (Lipinski definition) is 1. The van der Waals surface area contributed by atoms with Crippen LogP contribution >= 0.6 is 11.3 Å². The molecule has 1 aliphatic heterocycles. The summed E-state index contributed by atoms with van der Waals surface area (Å²) in [5, 5.41) is 2.97.